The Morgan fingerprint density at radius 1 is 0.957 bits per heavy atom. The Hall–Kier alpha value is -2.76. The minimum Gasteiger partial charge on any atom is -0.350 e. The Bertz CT molecular complexity index is 681. The molecule has 23 heavy (non-hydrogen) atoms. The SMILES string of the molecule is Cc1ccc(C(=O)NCC(C)NC(=O)c2ccc(C)nc2)cn1. The molecule has 2 N–H and O–H groups in total. The molecule has 0 aliphatic carbocycles. The molecule has 0 saturated carbocycles. The second-order valence-corrected chi connectivity index (χ2v) is 5.46. The summed E-state index contributed by atoms with van der Waals surface area (Å²) in [5.74, 6) is -0.424. The van der Waals surface area contributed by atoms with E-state index in [2.05, 4.69) is 20.6 Å². The Labute approximate surface area is 135 Å². The van der Waals surface area contributed by atoms with Gasteiger partial charge in [0.2, 0.25) is 0 Å². The highest BCUT2D eigenvalue weighted by atomic mass is 16.2. The number of hydrogen-bond acceptors (Lipinski definition) is 4. The molecule has 6 heteroatoms. The highest BCUT2D eigenvalue weighted by molar-refractivity contribution is 5.95. The fourth-order valence-electron chi connectivity index (χ4n) is 1.91. The number of aromatic nitrogens is 2. The molecule has 1 atom stereocenters. The Morgan fingerprint density at radius 2 is 1.48 bits per heavy atom. The quantitative estimate of drug-likeness (QED) is 0.879. The highest BCUT2D eigenvalue weighted by Crippen LogP contribution is 2.01. The van der Waals surface area contributed by atoms with E-state index in [-0.39, 0.29) is 17.9 Å². The van der Waals surface area contributed by atoms with Gasteiger partial charge in [0, 0.05) is 36.4 Å². The van der Waals surface area contributed by atoms with Crippen LogP contribution in [0, 0.1) is 13.8 Å². The molecule has 2 aromatic heterocycles. The number of carbonyl (C=O) groups excluding carboxylic acids is 2. The van der Waals surface area contributed by atoms with Crippen LogP contribution < -0.4 is 10.6 Å². The summed E-state index contributed by atoms with van der Waals surface area (Å²) in [7, 11) is 0. The van der Waals surface area contributed by atoms with Crippen LogP contribution in [0.5, 0.6) is 0 Å². The number of amides is 2. The summed E-state index contributed by atoms with van der Waals surface area (Å²) in [5.41, 5.74) is 2.70. The first-order chi connectivity index (χ1) is 11.0. The van der Waals surface area contributed by atoms with Crippen LogP contribution in [0.15, 0.2) is 36.7 Å². The lowest BCUT2D eigenvalue weighted by atomic mass is 10.2. The predicted molar refractivity (Wildman–Crippen MR) is 87.2 cm³/mol. The van der Waals surface area contributed by atoms with E-state index < -0.39 is 0 Å². The van der Waals surface area contributed by atoms with Crippen molar-refractivity contribution in [3.63, 3.8) is 0 Å². The molecule has 0 bridgehead atoms. The Morgan fingerprint density at radius 3 is 1.96 bits per heavy atom. The minimum atomic E-state index is -0.212. The molecule has 2 amide bonds. The van der Waals surface area contributed by atoms with Crippen LogP contribution >= 0.6 is 0 Å². The molecule has 0 aliphatic rings. The van der Waals surface area contributed by atoms with Crippen molar-refractivity contribution in [2.24, 2.45) is 0 Å². The van der Waals surface area contributed by atoms with Crippen LogP contribution in [0.2, 0.25) is 0 Å². The van der Waals surface area contributed by atoms with Crippen LogP contribution in [0.4, 0.5) is 0 Å². The van der Waals surface area contributed by atoms with Crippen molar-refractivity contribution in [2.75, 3.05) is 6.54 Å². The van der Waals surface area contributed by atoms with Gasteiger partial charge in [0.25, 0.3) is 11.8 Å². The highest BCUT2D eigenvalue weighted by Gasteiger charge is 2.12. The Balaban J connectivity index is 1.83. The first-order valence-electron chi connectivity index (χ1n) is 7.40. The van der Waals surface area contributed by atoms with Crippen LogP contribution in [-0.2, 0) is 0 Å². The summed E-state index contributed by atoms with van der Waals surface area (Å²) in [6.45, 7) is 5.88. The second kappa shape index (κ2) is 7.49. The molecule has 6 nitrogen and oxygen atoms in total. The number of rotatable bonds is 5. The first kappa shape index (κ1) is 16.6. The maximum Gasteiger partial charge on any atom is 0.253 e. The van der Waals surface area contributed by atoms with Crippen molar-refractivity contribution >= 4 is 11.8 Å². The van der Waals surface area contributed by atoms with Crippen LogP contribution in [0.25, 0.3) is 0 Å². The number of nitrogens with zero attached hydrogens (tertiary/aromatic N) is 2. The zero-order valence-corrected chi connectivity index (χ0v) is 13.5. The molecule has 2 aromatic rings. The van der Waals surface area contributed by atoms with E-state index in [4.69, 9.17) is 0 Å². The normalized spacial score (nSPS) is 11.6. The summed E-state index contributed by atoms with van der Waals surface area (Å²) >= 11 is 0. The molecule has 0 spiro atoms. The maximum absolute atomic E-state index is 12.0. The standard InChI is InChI=1S/C17H20N4O2/c1-11-4-6-14(9-18-11)16(22)20-8-13(3)21-17(23)15-7-5-12(2)19-10-15/h4-7,9-10,13H,8H2,1-3H3,(H,20,22)(H,21,23). The average Bonchev–Trinajstić information content (AvgIpc) is 2.54. The molecule has 0 radical (unpaired) electrons. The van der Waals surface area contributed by atoms with Gasteiger partial charge in [-0.3, -0.25) is 19.6 Å². The van der Waals surface area contributed by atoms with Gasteiger partial charge >= 0.3 is 0 Å². The van der Waals surface area contributed by atoms with E-state index in [0.29, 0.717) is 17.7 Å². The van der Waals surface area contributed by atoms with Gasteiger partial charge in [-0.15, -0.1) is 0 Å². The van der Waals surface area contributed by atoms with Gasteiger partial charge in [0.15, 0.2) is 0 Å². The number of aryl methyl sites for hydroxylation is 2. The number of carbonyl (C=O) groups is 2. The average molecular weight is 312 g/mol. The molecule has 0 fully saturated rings. The summed E-state index contributed by atoms with van der Waals surface area (Å²) < 4.78 is 0. The van der Waals surface area contributed by atoms with Gasteiger partial charge in [0.1, 0.15) is 0 Å². The van der Waals surface area contributed by atoms with E-state index in [1.54, 1.807) is 24.3 Å². The van der Waals surface area contributed by atoms with Crippen molar-refractivity contribution in [1.82, 2.24) is 20.6 Å². The monoisotopic (exact) mass is 312 g/mol. The molecule has 2 rings (SSSR count). The molecule has 0 saturated heterocycles. The lowest BCUT2D eigenvalue weighted by Crippen LogP contribution is -2.41. The van der Waals surface area contributed by atoms with E-state index in [1.807, 2.05) is 20.8 Å². The molecular formula is C17H20N4O2. The summed E-state index contributed by atoms with van der Waals surface area (Å²) in [6.07, 6.45) is 3.07. The van der Waals surface area contributed by atoms with Gasteiger partial charge in [-0.2, -0.15) is 0 Å². The minimum absolute atomic E-state index is 0.203. The number of pyridine rings is 2. The second-order valence-electron chi connectivity index (χ2n) is 5.46. The summed E-state index contributed by atoms with van der Waals surface area (Å²) in [6, 6.07) is 6.81. The van der Waals surface area contributed by atoms with Crippen molar-refractivity contribution in [3.05, 3.63) is 59.2 Å². The summed E-state index contributed by atoms with van der Waals surface area (Å²) in [5, 5.41) is 5.60. The topological polar surface area (TPSA) is 84.0 Å². The van der Waals surface area contributed by atoms with E-state index in [1.165, 1.54) is 12.4 Å². The van der Waals surface area contributed by atoms with Gasteiger partial charge in [0.05, 0.1) is 11.1 Å². The molecule has 120 valence electrons. The number of nitrogens with one attached hydrogen (secondary N) is 2. The third kappa shape index (κ3) is 4.88. The summed E-state index contributed by atoms with van der Waals surface area (Å²) in [4.78, 5) is 32.2. The zero-order chi connectivity index (χ0) is 16.8. The fourth-order valence-corrected chi connectivity index (χ4v) is 1.91. The van der Waals surface area contributed by atoms with E-state index in [0.717, 1.165) is 11.4 Å². The maximum atomic E-state index is 12.0. The lowest BCUT2D eigenvalue weighted by molar-refractivity contribution is 0.0912. The van der Waals surface area contributed by atoms with Gasteiger partial charge in [-0.05, 0) is 45.0 Å². The van der Waals surface area contributed by atoms with Crippen molar-refractivity contribution in [1.29, 1.82) is 0 Å². The van der Waals surface area contributed by atoms with Crippen molar-refractivity contribution < 1.29 is 9.59 Å². The van der Waals surface area contributed by atoms with Gasteiger partial charge in [-0.25, -0.2) is 0 Å². The largest absolute Gasteiger partial charge is 0.350 e. The molecule has 0 aliphatic heterocycles. The smallest absolute Gasteiger partial charge is 0.253 e. The van der Waals surface area contributed by atoms with Crippen LogP contribution in [0.3, 0.4) is 0 Å². The van der Waals surface area contributed by atoms with Crippen molar-refractivity contribution in [2.45, 2.75) is 26.8 Å². The zero-order valence-electron chi connectivity index (χ0n) is 13.5. The molecule has 2 heterocycles. The third-order valence-corrected chi connectivity index (χ3v) is 3.29. The lowest BCUT2D eigenvalue weighted by Gasteiger charge is -2.15. The van der Waals surface area contributed by atoms with Crippen LogP contribution in [0.1, 0.15) is 39.0 Å². The Kier molecular flexibility index (Phi) is 5.41. The van der Waals surface area contributed by atoms with Crippen molar-refractivity contribution in [3.8, 4) is 0 Å². The molecule has 1 unspecified atom stereocenters. The molecular weight excluding hydrogens is 292 g/mol. The fraction of sp³-hybridized carbons (Fsp3) is 0.294. The number of hydrogen-bond donors (Lipinski definition) is 2. The first-order valence-corrected chi connectivity index (χ1v) is 7.40. The van der Waals surface area contributed by atoms with E-state index >= 15 is 0 Å². The van der Waals surface area contributed by atoms with Gasteiger partial charge < -0.3 is 10.6 Å². The van der Waals surface area contributed by atoms with Crippen LogP contribution in [-0.4, -0.2) is 34.4 Å². The van der Waals surface area contributed by atoms with Gasteiger partial charge in [-0.1, -0.05) is 0 Å². The van der Waals surface area contributed by atoms with E-state index in [9.17, 15) is 9.59 Å². The predicted octanol–water partition coefficient (Wildman–Crippen LogP) is 1.64. The molecule has 0 aromatic carbocycles. The third-order valence-electron chi connectivity index (χ3n) is 3.29.